The quantitative estimate of drug-likeness (QED) is 0.336. The van der Waals surface area contributed by atoms with Gasteiger partial charge >= 0.3 is 5.97 Å². The maximum absolute atomic E-state index is 12.8. The van der Waals surface area contributed by atoms with E-state index >= 15 is 0 Å². The molecule has 37 heavy (non-hydrogen) atoms. The summed E-state index contributed by atoms with van der Waals surface area (Å²) in [5, 5.41) is 20.0. The SMILES string of the molecule is CC(C)(C(=O)O)c1ccc(C(O)CCCN2CCC(c3cccc(C(=O)c4ccccc4)c3)CC2)cc1. The van der Waals surface area contributed by atoms with Crippen LogP contribution in [-0.4, -0.2) is 46.5 Å². The van der Waals surface area contributed by atoms with Gasteiger partial charge in [0.25, 0.3) is 0 Å². The smallest absolute Gasteiger partial charge is 0.313 e. The molecule has 0 spiro atoms. The maximum Gasteiger partial charge on any atom is 0.313 e. The van der Waals surface area contributed by atoms with Crippen molar-refractivity contribution in [2.75, 3.05) is 19.6 Å². The van der Waals surface area contributed by atoms with Gasteiger partial charge in [-0.15, -0.1) is 0 Å². The summed E-state index contributed by atoms with van der Waals surface area (Å²) in [6, 6.07) is 24.8. The molecule has 194 valence electrons. The number of piperidine rings is 1. The molecule has 0 radical (unpaired) electrons. The summed E-state index contributed by atoms with van der Waals surface area (Å²) >= 11 is 0. The fraction of sp³-hybridized carbons (Fsp3) is 0.375. The first kappa shape index (κ1) is 26.8. The number of nitrogens with zero attached hydrogens (tertiary/aromatic N) is 1. The van der Waals surface area contributed by atoms with E-state index in [1.54, 1.807) is 26.0 Å². The second-order valence-electron chi connectivity index (χ2n) is 10.6. The number of likely N-dealkylation sites (tertiary alicyclic amines) is 1. The van der Waals surface area contributed by atoms with E-state index < -0.39 is 17.5 Å². The van der Waals surface area contributed by atoms with E-state index in [0.29, 0.717) is 12.3 Å². The van der Waals surface area contributed by atoms with Crippen LogP contribution in [0.15, 0.2) is 78.9 Å². The third-order valence-electron chi connectivity index (χ3n) is 7.75. The fourth-order valence-corrected chi connectivity index (χ4v) is 5.10. The first-order valence-electron chi connectivity index (χ1n) is 13.2. The van der Waals surface area contributed by atoms with Crippen molar-refractivity contribution in [3.63, 3.8) is 0 Å². The first-order valence-corrected chi connectivity index (χ1v) is 13.2. The minimum Gasteiger partial charge on any atom is -0.481 e. The predicted octanol–water partition coefficient (Wildman–Crippen LogP) is 5.97. The zero-order valence-corrected chi connectivity index (χ0v) is 21.8. The van der Waals surface area contributed by atoms with E-state index in [1.807, 2.05) is 54.6 Å². The van der Waals surface area contributed by atoms with Gasteiger partial charge in [-0.25, -0.2) is 0 Å². The number of benzene rings is 3. The third kappa shape index (κ3) is 6.54. The van der Waals surface area contributed by atoms with Gasteiger partial charge < -0.3 is 15.1 Å². The Morgan fingerprint density at radius 1 is 0.919 bits per heavy atom. The molecule has 0 amide bonds. The maximum atomic E-state index is 12.8. The molecule has 3 aromatic carbocycles. The highest BCUT2D eigenvalue weighted by Gasteiger charge is 2.29. The van der Waals surface area contributed by atoms with E-state index in [-0.39, 0.29) is 5.78 Å². The minimum atomic E-state index is -0.950. The highest BCUT2D eigenvalue weighted by molar-refractivity contribution is 6.09. The number of carbonyl (C=O) groups is 2. The number of carbonyl (C=O) groups excluding carboxylic acids is 1. The highest BCUT2D eigenvalue weighted by atomic mass is 16.4. The number of aliphatic hydroxyl groups excluding tert-OH is 1. The number of hydrogen-bond donors (Lipinski definition) is 2. The second kappa shape index (κ2) is 11.8. The van der Waals surface area contributed by atoms with Crippen LogP contribution in [0, 0.1) is 0 Å². The highest BCUT2D eigenvalue weighted by Crippen LogP contribution is 2.30. The van der Waals surface area contributed by atoms with E-state index in [2.05, 4.69) is 17.0 Å². The molecule has 5 heteroatoms. The summed E-state index contributed by atoms with van der Waals surface area (Å²) in [5.41, 5.74) is 3.32. The summed E-state index contributed by atoms with van der Waals surface area (Å²) in [7, 11) is 0. The lowest BCUT2D eigenvalue weighted by atomic mass is 9.84. The molecule has 1 fully saturated rings. The molecule has 1 unspecified atom stereocenters. The van der Waals surface area contributed by atoms with Crippen molar-refractivity contribution in [2.24, 2.45) is 0 Å². The standard InChI is InChI=1S/C32H37NO4/c1-32(2,31(36)37)28-15-13-24(14-16-28)29(34)12-7-19-33-20-17-23(18-21-33)26-10-6-11-27(22-26)30(35)25-8-4-3-5-9-25/h3-6,8-11,13-16,22-23,29,34H,7,12,17-21H2,1-2H3,(H,36,37). The van der Waals surface area contributed by atoms with Gasteiger partial charge in [-0.2, -0.15) is 0 Å². The Balaban J connectivity index is 1.24. The molecule has 0 aromatic heterocycles. The lowest BCUT2D eigenvalue weighted by Crippen LogP contribution is -2.33. The molecule has 2 N–H and O–H groups in total. The summed E-state index contributed by atoms with van der Waals surface area (Å²) in [5.74, 6) is -0.337. The fourth-order valence-electron chi connectivity index (χ4n) is 5.10. The van der Waals surface area contributed by atoms with Gasteiger partial charge in [-0.1, -0.05) is 72.8 Å². The van der Waals surface area contributed by atoms with Gasteiger partial charge in [-0.3, -0.25) is 9.59 Å². The van der Waals surface area contributed by atoms with Crippen molar-refractivity contribution in [3.8, 4) is 0 Å². The second-order valence-corrected chi connectivity index (χ2v) is 10.6. The Hall–Kier alpha value is -3.28. The molecule has 4 rings (SSSR count). The van der Waals surface area contributed by atoms with Gasteiger partial charge in [0.05, 0.1) is 11.5 Å². The van der Waals surface area contributed by atoms with Crippen LogP contribution in [-0.2, 0) is 10.2 Å². The molecule has 1 heterocycles. The third-order valence-corrected chi connectivity index (χ3v) is 7.75. The first-order chi connectivity index (χ1) is 17.8. The van der Waals surface area contributed by atoms with Gasteiger partial charge in [-0.05, 0) is 87.8 Å². The normalized spacial score (nSPS) is 15.9. The van der Waals surface area contributed by atoms with Crippen LogP contribution in [0.25, 0.3) is 0 Å². The number of carboxylic acids is 1. The van der Waals surface area contributed by atoms with Gasteiger partial charge in [0.2, 0.25) is 0 Å². The average Bonchev–Trinajstić information content (AvgIpc) is 2.93. The van der Waals surface area contributed by atoms with Crippen molar-refractivity contribution in [2.45, 2.75) is 57.0 Å². The number of carboxylic acid groups (broad SMARTS) is 1. The van der Waals surface area contributed by atoms with E-state index in [0.717, 1.165) is 61.2 Å². The van der Waals surface area contributed by atoms with Crippen molar-refractivity contribution < 1.29 is 19.8 Å². The Morgan fingerprint density at radius 2 is 1.57 bits per heavy atom. The van der Waals surface area contributed by atoms with E-state index in [9.17, 15) is 19.8 Å². The number of aliphatic hydroxyl groups is 1. The van der Waals surface area contributed by atoms with Crippen molar-refractivity contribution in [1.82, 2.24) is 4.90 Å². The van der Waals surface area contributed by atoms with Crippen LogP contribution >= 0.6 is 0 Å². The Labute approximate surface area is 219 Å². The lowest BCUT2D eigenvalue weighted by Gasteiger charge is -2.32. The zero-order chi connectivity index (χ0) is 26.4. The van der Waals surface area contributed by atoms with Gasteiger partial charge in [0, 0.05) is 11.1 Å². The monoisotopic (exact) mass is 499 g/mol. The van der Waals surface area contributed by atoms with E-state index in [1.165, 1.54) is 5.56 Å². The molecule has 1 saturated heterocycles. The molecule has 0 saturated carbocycles. The van der Waals surface area contributed by atoms with Crippen molar-refractivity contribution in [3.05, 3.63) is 107 Å². The lowest BCUT2D eigenvalue weighted by molar-refractivity contribution is -0.142. The van der Waals surface area contributed by atoms with Crippen molar-refractivity contribution in [1.29, 1.82) is 0 Å². The average molecular weight is 500 g/mol. The molecule has 0 bridgehead atoms. The molecular weight excluding hydrogens is 462 g/mol. The predicted molar refractivity (Wildman–Crippen MR) is 146 cm³/mol. The van der Waals surface area contributed by atoms with Crippen LogP contribution in [0.4, 0.5) is 0 Å². The summed E-state index contributed by atoms with van der Waals surface area (Å²) in [4.78, 5) is 26.8. The number of aliphatic carboxylic acids is 1. The minimum absolute atomic E-state index is 0.0682. The Kier molecular flexibility index (Phi) is 8.57. The number of rotatable bonds is 10. The summed E-state index contributed by atoms with van der Waals surface area (Å²) < 4.78 is 0. The summed E-state index contributed by atoms with van der Waals surface area (Å²) in [6.07, 6.45) is 3.14. The van der Waals surface area contributed by atoms with Crippen LogP contribution in [0.1, 0.15) is 84.2 Å². The molecule has 1 atom stereocenters. The van der Waals surface area contributed by atoms with Crippen molar-refractivity contribution >= 4 is 11.8 Å². The molecule has 1 aliphatic heterocycles. The number of hydrogen-bond acceptors (Lipinski definition) is 4. The zero-order valence-electron chi connectivity index (χ0n) is 21.8. The van der Waals surface area contributed by atoms with Crippen LogP contribution in [0.3, 0.4) is 0 Å². The largest absolute Gasteiger partial charge is 0.481 e. The molecule has 0 aliphatic carbocycles. The molecular formula is C32H37NO4. The van der Waals surface area contributed by atoms with Gasteiger partial charge in [0.1, 0.15) is 0 Å². The topological polar surface area (TPSA) is 77.8 Å². The molecule has 1 aliphatic rings. The van der Waals surface area contributed by atoms with Crippen LogP contribution < -0.4 is 0 Å². The molecule has 5 nitrogen and oxygen atoms in total. The van der Waals surface area contributed by atoms with Crippen LogP contribution in [0.2, 0.25) is 0 Å². The summed E-state index contributed by atoms with van der Waals surface area (Å²) in [6.45, 7) is 6.34. The Morgan fingerprint density at radius 3 is 2.22 bits per heavy atom. The number of ketones is 1. The van der Waals surface area contributed by atoms with Crippen LogP contribution in [0.5, 0.6) is 0 Å². The molecule has 3 aromatic rings. The van der Waals surface area contributed by atoms with Gasteiger partial charge in [0.15, 0.2) is 5.78 Å². The Bertz CT molecular complexity index is 1190. The van der Waals surface area contributed by atoms with E-state index in [4.69, 9.17) is 0 Å².